The molecule has 3 saturated carbocycles. The van der Waals surface area contributed by atoms with Crippen molar-refractivity contribution < 1.29 is 17.6 Å². The van der Waals surface area contributed by atoms with E-state index in [9.17, 15) is 17.6 Å². The van der Waals surface area contributed by atoms with Gasteiger partial charge in [-0.15, -0.1) is 0 Å². The van der Waals surface area contributed by atoms with E-state index >= 15 is 0 Å². The van der Waals surface area contributed by atoms with Crippen molar-refractivity contribution in [2.45, 2.75) is 70.1 Å². The van der Waals surface area contributed by atoms with E-state index in [1.165, 1.54) is 0 Å². The second-order valence-electron chi connectivity index (χ2n) is 7.36. The van der Waals surface area contributed by atoms with E-state index in [2.05, 4.69) is 6.92 Å². The summed E-state index contributed by atoms with van der Waals surface area (Å²) in [4.78, 5) is 0. The van der Waals surface area contributed by atoms with Gasteiger partial charge in [-0.1, -0.05) is 19.8 Å². The van der Waals surface area contributed by atoms with Gasteiger partial charge in [0.25, 0.3) is 5.92 Å². The van der Waals surface area contributed by atoms with Crippen LogP contribution in [0.25, 0.3) is 0 Å². The molecule has 0 aromatic carbocycles. The highest BCUT2D eigenvalue weighted by molar-refractivity contribution is 5.06. The van der Waals surface area contributed by atoms with Crippen molar-refractivity contribution in [1.29, 1.82) is 0 Å². The van der Waals surface area contributed by atoms with Gasteiger partial charge in [-0.2, -0.15) is 0 Å². The van der Waals surface area contributed by atoms with Crippen LogP contribution in [-0.4, -0.2) is 18.3 Å². The highest BCUT2D eigenvalue weighted by atomic mass is 19.3. The summed E-state index contributed by atoms with van der Waals surface area (Å²) >= 11 is 0. The van der Waals surface area contributed by atoms with Crippen molar-refractivity contribution in [1.82, 2.24) is 0 Å². The Labute approximate surface area is 118 Å². The SMILES string of the molecule is CC1CCC(C2CC3CCC(F)[C@@H](F)C3C2(F)F)CC1. The smallest absolute Gasteiger partial charge is 0.244 e. The molecule has 0 saturated heterocycles. The Morgan fingerprint density at radius 2 is 1.45 bits per heavy atom. The van der Waals surface area contributed by atoms with Crippen LogP contribution in [0.1, 0.15) is 51.9 Å². The maximum absolute atomic E-state index is 14.6. The number of hydrogen-bond donors (Lipinski definition) is 0. The quantitative estimate of drug-likeness (QED) is 0.585. The topological polar surface area (TPSA) is 0 Å². The third kappa shape index (κ3) is 2.27. The summed E-state index contributed by atoms with van der Waals surface area (Å²) in [6.45, 7) is 2.16. The lowest BCUT2D eigenvalue weighted by Crippen LogP contribution is -2.45. The van der Waals surface area contributed by atoms with Gasteiger partial charge in [0.1, 0.15) is 12.3 Å². The lowest BCUT2D eigenvalue weighted by molar-refractivity contribution is -0.139. The summed E-state index contributed by atoms with van der Waals surface area (Å²) in [6.07, 6.45) is 0.962. The summed E-state index contributed by atoms with van der Waals surface area (Å²) in [5, 5.41) is 0. The summed E-state index contributed by atoms with van der Waals surface area (Å²) in [5.41, 5.74) is 0. The molecule has 0 aliphatic heterocycles. The number of rotatable bonds is 1. The first-order valence-electron chi connectivity index (χ1n) is 8.07. The van der Waals surface area contributed by atoms with E-state index in [1.54, 1.807) is 0 Å². The Morgan fingerprint density at radius 3 is 2.10 bits per heavy atom. The zero-order valence-electron chi connectivity index (χ0n) is 12.0. The minimum absolute atomic E-state index is 0.0112. The Hall–Kier alpha value is -0.280. The molecule has 116 valence electrons. The molecule has 0 aromatic rings. The van der Waals surface area contributed by atoms with E-state index in [-0.39, 0.29) is 18.3 Å². The van der Waals surface area contributed by atoms with E-state index in [0.29, 0.717) is 18.8 Å². The Morgan fingerprint density at radius 1 is 0.850 bits per heavy atom. The molecule has 0 N–H and O–H groups in total. The highest BCUT2D eigenvalue weighted by Gasteiger charge is 2.64. The van der Waals surface area contributed by atoms with E-state index in [4.69, 9.17) is 0 Å². The molecule has 3 rings (SSSR count). The van der Waals surface area contributed by atoms with E-state index < -0.39 is 30.1 Å². The van der Waals surface area contributed by atoms with Crippen LogP contribution in [0.4, 0.5) is 17.6 Å². The molecule has 3 aliphatic carbocycles. The minimum atomic E-state index is -3.01. The first kappa shape index (κ1) is 14.6. The Bertz CT molecular complexity index is 348. The van der Waals surface area contributed by atoms with E-state index in [0.717, 1.165) is 25.7 Å². The molecule has 0 aromatic heterocycles. The number of hydrogen-bond acceptors (Lipinski definition) is 0. The third-order valence-electron chi connectivity index (χ3n) is 6.13. The van der Waals surface area contributed by atoms with Crippen LogP contribution in [0.3, 0.4) is 0 Å². The molecule has 20 heavy (non-hydrogen) atoms. The normalized spacial score (nSPS) is 51.8. The summed E-state index contributed by atoms with van der Waals surface area (Å²) < 4.78 is 56.7. The zero-order chi connectivity index (χ0) is 14.5. The van der Waals surface area contributed by atoms with Crippen molar-refractivity contribution >= 4 is 0 Å². The van der Waals surface area contributed by atoms with Crippen molar-refractivity contribution in [3.05, 3.63) is 0 Å². The molecule has 0 amide bonds. The Kier molecular flexibility index (Phi) is 3.79. The van der Waals surface area contributed by atoms with Crippen LogP contribution >= 0.6 is 0 Å². The standard InChI is InChI=1S/C16H24F4/c1-9-2-4-10(5-3-9)12-8-11-6-7-13(17)15(18)14(11)16(12,19)20/h9-15H,2-8H2,1H3/t9?,10?,11?,12?,13?,14?,15-/m1/s1. The minimum Gasteiger partial charge on any atom is -0.244 e. The fraction of sp³-hybridized carbons (Fsp3) is 1.00. The summed E-state index contributed by atoms with van der Waals surface area (Å²) in [6, 6.07) is 0. The van der Waals surface area contributed by atoms with E-state index in [1.807, 2.05) is 0 Å². The number of fused-ring (bicyclic) bond motifs is 1. The average Bonchev–Trinajstić information content (AvgIpc) is 2.67. The van der Waals surface area contributed by atoms with Crippen molar-refractivity contribution in [2.24, 2.45) is 29.6 Å². The molecule has 0 radical (unpaired) electrons. The first-order valence-corrected chi connectivity index (χ1v) is 8.07. The molecule has 0 bridgehead atoms. The van der Waals surface area contributed by atoms with Gasteiger partial charge in [0.05, 0.1) is 5.92 Å². The van der Waals surface area contributed by atoms with Crippen LogP contribution in [-0.2, 0) is 0 Å². The molecule has 0 spiro atoms. The highest BCUT2D eigenvalue weighted by Crippen LogP contribution is 2.59. The fourth-order valence-corrected chi connectivity index (χ4v) is 4.91. The largest absolute Gasteiger partial charge is 0.257 e. The molecule has 4 heteroatoms. The molecular weight excluding hydrogens is 268 g/mol. The van der Waals surface area contributed by atoms with Gasteiger partial charge in [0, 0.05) is 5.92 Å². The van der Waals surface area contributed by atoms with Gasteiger partial charge in [-0.3, -0.25) is 0 Å². The lowest BCUT2D eigenvalue weighted by Gasteiger charge is -2.37. The van der Waals surface area contributed by atoms with Crippen molar-refractivity contribution in [3.63, 3.8) is 0 Å². The predicted molar refractivity (Wildman–Crippen MR) is 70.2 cm³/mol. The van der Waals surface area contributed by atoms with Crippen LogP contribution in [0, 0.1) is 29.6 Å². The van der Waals surface area contributed by atoms with Gasteiger partial charge < -0.3 is 0 Å². The first-order chi connectivity index (χ1) is 9.41. The maximum atomic E-state index is 14.6. The van der Waals surface area contributed by atoms with Gasteiger partial charge in [-0.25, -0.2) is 17.6 Å². The monoisotopic (exact) mass is 292 g/mol. The van der Waals surface area contributed by atoms with Gasteiger partial charge in [-0.05, 0) is 49.9 Å². The van der Waals surface area contributed by atoms with Crippen LogP contribution in [0.2, 0.25) is 0 Å². The predicted octanol–water partition coefficient (Wildman–Crippen LogP) is 5.17. The third-order valence-corrected chi connectivity index (χ3v) is 6.13. The maximum Gasteiger partial charge on any atom is 0.257 e. The van der Waals surface area contributed by atoms with Gasteiger partial charge >= 0.3 is 0 Å². The summed E-state index contributed by atoms with van der Waals surface area (Å²) in [5.74, 6) is -4.77. The van der Waals surface area contributed by atoms with Gasteiger partial charge in [0.15, 0.2) is 0 Å². The molecular formula is C16H24F4. The zero-order valence-corrected chi connectivity index (χ0v) is 12.0. The fourth-order valence-electron chi connectivity index (χ4n) is 4.91. The second kappa shape index (κ2) is 5.17. The average molecular weight is 292 g/mol. The lowest BCUT2D eigenvalue weighted by atomic mass is 9.74. The number of alkyl halides is 4. The molecule has 0 heterocycles. The summed E-state index contributed by atoms with van der Waals surface area (Å²) in [7, 11) is 0. The van der Waals surface area contributed by atoms with Crippen molar-refractivity contribution in [3.8, 4) is 0 Å². The van der Waals surface area contributed by atoms with Crippen molar-refractivity contribution in [2.75, 3.05) is 0 Å². The van der Waals surface area contributed by atoms with Gasteiger partial charge in [0.2, 0.25) is 0 Å². The second-order valence-corrected chi connectivity index (χ2v) is 7.36. The Balaban J connectivity index is 1.77. The molecule has 5 atom stereocenters. The number of halogens is 4. The molecule has 3 aliphatic rings. The molecule has 0 nitrogen and oxygen atoms in total. The van der Waals surface area contributed by atoms with Crippen LogP contribution in [0.15, 0.2) is 0 Å². The molecule has 4 unspecified atom stereocenters. The molecule has 3 fully saturated rings. The van der Waals surface area contributed by atoms with Crippen LogP contribution < -0.4 is 0 Å². The van der Waals surface area contributed by atoms with Crippen LogP contribution in [0.5, 0.6) is 0 Å².